The van der Waals surface area contributed by atoms with Gasteiger partial charge in [-0.15, -0.1) is 0 Å². The number of nitrogens with zero attached hydrogens (tertiary/aromatic N) is 1. The summed E-state index contributed by atoms with van der Waals surface area (Å²) in [7, 11) is 0. The van der Waals surface area contributed by atoms with Crippen LogP contribution in [0.2, 0.25) is 0 Å². The lowest BCUT2D eigenvalue weighted by Crippen LogP contribution is -2.56. The van der Waals surface area contributed by atoms with Gasteiger partial charge in [0.1, 0.15) is 0 Å². The van der Waals surface area contributed by atoms with Crippen LogP contribution in [0.5, 0.6) is 0 Å². The Morgan fingerprint density at radius 2 is 1.63 bits per heavy atom. The summed E-state index contributed by atoms with van der Waals surface area (Å²) in [6.45, 7) is 15.0. The smallest absolute Gasteiger partial charge is 0.0336 e. The van der Waals surface area contributed by atoms with Crippen molar-refractivity contribution in [2.75, 3.05) is 19.6 Å². The van der Waals surface area contributed by atoms with Gasteiger partial charge in [0.2, 0.25) is 0 Å². The van der Waals surface area contributed by atoms with Crippen molar-refractivity contribution in [1.82, 2.24) is 4.90 Å². The molecule has 0 atom stereocenters. The molecule has 114 valence electrons. The molecule has 0 amide bonds. The molecule has 0 unspecified atom stereocenters. The summed E-state index contributed by atoms with van der Waals surface area (Å²) < 4.78 is 0. The van der Waals surface area contributed by atoms with E-state index in [1.54, 1.807) is 0 Å². The SMILES string of the molecule is CCCN(CC1CC1)C(CN)(CC(C)C)CC(C)C. The Morgan fingerprint density at radius 3 is 1.95 bits per heavy atom. The predicted molar refractivity (Wildman–Crippen MR) is 85.3 cm³/mol. The Balaban J connectivity index is 2.85. The van der Waals surface area contributed by atoms with Crippen LogP contribution < -0.4 is 5.73 Å². The van der Waals surface area contributed by atoms with Crippen molar-refractivity contribution in [1.29, 1.82) is 0 Å². The second-order valence-corrected chi connectivity index (χ2v) is 7.51. The van der Waals surface area contributed by atoms with Crippen molar-refractivity contribution in [3.63, 3.8) is 0 Å². The molecule has 19 heavy (non-hydrogen) atoms. The van der Waals surface area contributed by atoms with E-state index in [1.807, 2.05) is 0 Å². The van der Waals surface area contributed by atoms with Crippen LogP contribution >= 0.6 is 0 Å². The fraction of sp³-hybridized carbons (Fsp3) is 1.00. The van der Waals surface area contributed by atoms with E-state index in [9.17, 15) is 0 Å². The molecule has 0 aromatic rings. The number of hydrogen-bond acceptors (Lipinski definition) is 2. The van der Waals surface area contributed by atoms with Crippen molar-refractivity contribution in [3.05, 3.63) is 0 Å². The van der Waals surface area contributed by atoms with Gasteiger partial charge in [-0.05, 0) is 56.4 Å². The standard InChI is InChI=1S/C17H36N2/c1-6-9-19(12-16-7-8-16)17(13-18,10-14(2)3)11-15(4)5/h14-16H,6-13,18H2,1-5H3. The lowest BCUT2D eigenvalue weighted by atomic mass is 9.80. The molecule has 0 spiro atoms. The van der Waals surface area contributed by atoms with Gasteiger partial charge >= 0.3 is 0 Å². The van der Waals surface area contributed by atoms with Gasteiger partial charge in [0.25, 0.3) is 0 Å². The molecular formula is C17H36N2. The Kier molecular flexibility index (Phi) is 6.82. The molecule has 2 N–H and O–H groups in total. The van der Waals surface area contributed by atoms with Crippen LogP contribution in [0.25, 0.3) is 0 Å². The first-order valence-corrected chi connectivity index (χ1v) is 8.38. The molecule has 0 radical (unpaired) electrons. The largest absolute Gasteiger partial charge is 0.329 e. The average molecular weight is 268 g/mol. The normalized spacial score (nSPS) is 16.9. The van der Waals surface area contributed by atoms with Crippen LogP contribution in [0.4, 0.5) is 0 Å². The number of hydrogen-bond donors (Lipinski definition) is 1. The highest BCUT2D eigenvalue weighted by Crippen LogP contribution is 2.36. The lowest BCUT2D eigenvalue weighted by molar-refractivity contribution is 0.0486. The van der Waals surface area contributed by atoms with E-state index in [2.05, 4.69) is 39.5 Å². The zero-order valence-corrected chi connectivity index (χ0v) is 13.9. The highest BCUT2D eigenvalue weighted by atomic mass is 15.2. The van der Waals surface area contributed by atoms with Gasteiger partial charge in [-0.25, -0.2) is 0 Å². The summed E-state index contributed by atoms with van der Waals surface area (Å²) in [5.41, 5.74) is 6.53. The van der Waals surface area contributed by atoms with Gasteiger partial charge in [0.15, 0.2) is 0 Å². The summed E-state index contributed by atoms with van der Waals surface area (Å²) in [6.07, 6.45) is 6.60. The van der Waals surface area contributed by atoms with E-state index in [1.165, 1.54) is 45.2 Å². The molecule has 2 nitrogen and oxygen atoms in total. The molecule has 0 aliphatic heterocycles. The molecule has 1 saturated carbocycles. The van der Waals surface area contributed by atoms with E-state index in [0.717, 1.165) is 24.3 Å². The summed E-state index contributed by atoms with van der Waals surface area (Å²) in [5.74, 6) is 2.40. The third-order valence-corrected chi connectivity index (χ3v) is 4.30. The highest BCUT2D eigenvalue weighted by Gasteiger charge is 2.38. The van der Waals surface area contributed by atoms with Crippen LogP contribution in [0.3, 0.4) is 0 Å². The Labute approximate surface area is 121 Å². The lowest BCUT2D eigenvalue weighted by Gasteiger charge is -2.46. The topological polar surface area (TPSA) is 29.3 Å². The molecule has 0 aromatic heterocycles. The second kappa shape index (κ2) is 7.64. The van der Waals surface area contributed by atoms with E-state index in [0.29, 0.717) is 0 Å². The highest BCUT2D eigenvalue weighted by molar-refractivity contribution is 4.95. The van der Waals surface area contributed by atoms with Crippen molar-refractivity contribution < 1.29 is 0 Å². The van der Waals surface area contributed by atoms with Crippen molar-refractivity contribution >= 4 is 0 Å². The van der Waals surface area contributed by atoms with Gasteiger partial charge < -0.3 is 5.73 Å². The Hall–Kier alpha value is -0.0800. The molecule has 1 aliphatic rings. The zero-order chi connectivity index (χ0) is 14.5. The minimum absolute atomic E-state index is 0.237. The van der Waals surface area contributed by atoms with Crippen molar-refractivity contribution in [2.24, 2.45) is 23.5 Å². The summed E-state index contributed by atoms with van der Waals surface area (Å²) in [4.78, 5) is 2.75. The van der Waals surface area contributed by atoms with E-state index < -0.39 is 0 Å². The summed E-state index contributed by atoms with van der Waals surface area (Å²) in [6, 6.07) is 0. The average Bonchev–Trinajstić information content (AvgIpc) is 3.10. The zero-order valence-electron chi connectivity index (χ0n) is 13.9. The summed E-state index contributed by atoms with van der Waals surface area (Å²) in [5, 5.41) is 0. The Morgan fingerprint density at radius 1 is 1.11 bits per heavy atom. The maximum Gasteiger partial charge on any atom is 0.0336 e. The molecule has 1 fully saturated rings. The van der Waals surface area contributed by atoms with E-state index >= 15 is 0 Å². The van der Waals surface area contributed by atoms with Crippen LogP contribution in [-0.4, -0.2) is 30.1 Å². The van der Waals surface area contributed by atoms with Crippen LogP contribution in [-0.2, 0) is 0 Å². The molecular weight excluding hydrogens is 232 g/mol. The maximum absolute atomic E-state index is 6.29. The monoisotopic (exact) mass is 268 g/mol. The van der Waals surface area contributed by atoms with E-state index in [4.69, 9.17) is 5.73 Å². The predicted octanol–water partition coefficient (Wildman–Crippen LogP) is 3.90. The Bertz CT molecular complexity index is 234. The van der Waals surface area contributed by atoms with Crippen molar-refractivity contribution in [3.8, 4) is 0 Å². The van der Waals surface area contributed by atoms with Gasteiger partial charge in [0.05, 0.1) is 0 Å². The quantitative estimate of drug-likeness (QED) is 0.651. The van der Waals surface area contributed by atoms with Gasteiger partial charge in [-0.3, -0.25) is 4.90 Å². The molecule has 1 rings (SSSR count). The minimum Gasteiger partial charge on any atom is -0.329 e. The van der Waals surface area contributed by atoms with E-state index in [-0.39, 0.29) is 5.54 Å². The van der Waals surface area contributed by atoms with Crippen LogP contribution in [0.15, 0.2) is 0 Å². The first-order valence-electron chi connectivity index (χ1n) is 8.38. The maximum atomic E-state index is 6.29. The fourth-order valence-corrected chi connectivity index (χ4v) is 3.56. The molecule has 2 heteroatoms. The second-order valence-electron chi connectivity index (χ2n) is 7.51. The summed E-state index contributed by atoms with van der Waals surface area (Å²) >= 11 is 0. The van der Waals surface area contributed by atoms with Crippen LogP contribution in [0, 0.1) is 17.8 Å². The number of nitrogens with two attached hydrogens (primary N) is 1. The van der Waals surface area contributed by atoms with Crippen LogP contribution in [0.1, 0.15) is 66.7 Å². The van der Waals surface area contributed by atoms with Gasteiger partial charge in [0, 0.05) is 18.6 Å². The minimum atomic E-state index is 0.237. The van der Waals surface area contributed by atoms with Gasteiger partial charge in [-0.1, -0.05) is 34.6 Å². The first-order chi connectivity index (χ1) is 8.93. The molecule has 0 saturated heterocycles. The third-order valence-electron chi connectivity index (χ3n) is 4.30. The number of rotatable bonds is 10. The third kappa shape index (κ3) is 5.43. The molecule has 1 aliphatic carbocycles. The molecule has 0 bridgehead atoms. The molecule has 0 heterocycles. The van der Waals surface area contributed by atoms with Crippen molar-refractivity contribution in [2.45, 2.75) is 72.3 Å². The first kappa shape index (κ1) is 17.0. The fourth-order valence-electron chi connectivity index (χ4n) is 3.56. The van der Waals surface area contributed by atoms with Gasteiger partial charge in [-0.2, -0.15) is 0 Å². The molecule has 0 aromatic carbocycles.